The molecule has 7 nitrogen and oxygen atoms in total. The van der Waals surface area contributed by atoms with E-state index < -0.39 is 4.92 Å². The first-order valence-electron chi connectivity index (χ1n) is 7.14. The van der Waals surface area contributed by atoms with Crippen LogP contribution in [0.5, 0.6) is 0 Å². The van der Waals surface area contributed by atoms with E-state index in [1.165, 1.54) is 18.2 Å². The number of hydrazine groups is 1. The summed E-state index contributed by atoms with van der Waals surface area (Å²) in [6.07, 6.45) is 3.81. The molecule has 0 heterocycles. The van der Waals surface area contributed by atoms with Gasteiger partial charge in [-0.05, 0) is 31.4 Å². The Morgan fingerprint density at radius 1 is 1.52 bits per heavy atom. The third-order valence-corrected chi connectivity index (χ3v) is 3.59. The molecule has 1 fully saturated rings. The van der Waals surface area contributed by atoms with Crippen LogP contribution in [-0.2, 0) is 0 Å². The number of amides is 1. The lowest BCUT2D eigenvalue weighted by Gasteiger charge is -2.22. The number of benzene rings is 1. The highest BCUT2D eigenvalue weighted by atomic mass is 16.6. The maximum atomic E-state index is 12.7. The number of unbranched alkanes of at least 4 members (excludes halogenated alkanes) is 1. The van der Waals surface area contributed by atoms with Gasteiger partial charge in [0.2, 0.25) is 0 Å². The Morgan fingerprint density at radius 3 is 2.76 bits per heavy atom. The zero-order valence-electron chi connectivity index (χ0n) is 12.0. The summed E-state index contributed by atoms with van der Waals surface area (Å²) in [4.78, 5) is 25.0. The molecule has 0 spiro atoms. The fourth-order valence-electron chi connectivity index (χ4n) is 2.28. The number of carbonyl (C=O) groups excluding carboxylic acids is 1. The Balaban J connectivity index is 2.32. The van der Waals surface area contributed by atoms with Gasteiger partial charge in [-0.2, -0.15) is 0 Å². The average molecular weight is 292 g/mol. The van der Waals surface area contributed by atoms with Gasteiger partial charge in [0.25, 0.3) is 11.6 Å². The molecule has 0 aromatic heterocycles. The van der Waals surface area contributed by atoms with Crippen molar-refractivity contribution in [2.75, 3.05) is 12.0 Å². The molecule has 0 aliphatic heterocycles. The number of hydrogen-bond donors (Lipinski definition) is 2. The van der Waals surface area contributed by atoms with E-state index in [2.05, 4.69) is 12.3 Å². The lowest BCUT2D eigenvalue weighted by atomic mass is 10.1. The van der Waals surface area contributed by atoms with Crippen LogP contribution in [0.4, 0.5) is 11.4 Å². The van der Waals surface area contributed by atoms with Gasteiger partial charge in [-0.1, -0.05) is 13.3 Å². The summed E-state index contributed by atoms with van der Waals surface area (Å²) in [6, 6.07) is 4.47. The molecule has 1 saturated carbocycles. The van der Waals surface area contributed by atoms with Crippen molar-refractivity contribution < 1.29 is 9.72 Å². The summed E-state index contributed by atoms with van der Waals surface area (Å²) in [5.41, 5.74) is 2.82. The Labute approximate surface area is 123 Å². The monoisotopic (exact) mass is 292 g/mol. The smallest absolute Gasteiger partial charge is 0.282 e. The Hall–Kier alpha value is -2.15. The minimum Gasteiger partial charge on any atom is -0.335 e. The zero-order chi connectivity index (χ0) is 15.4. The van der Waals surface area contributed by atoms with Gasteiger partial charge in [-0.25, -0.2) is 0 Å². The molecular formula is C14H20N4O3. The molecule has 0 atom stereocenters. The van der Waals surface area contributed by atoms with E-state index in [1.54, 1.807) is 4.90 Å². The second-order valence-corrected chi connectivity index (χ2v) is 5.22. The van der Waals surface area contributed by atoms with Crippen molar-refractivity contribution in [1.82, 2.24) is 4.90 Å². The predicted octanol–water partition coefficient (Wildman–Crippen LogP) is 2.29. The van der Waals surface area contributed by atoms with Crippen molar-refractivity contribution in [3.8, 4) is 0 Å². The third kappa shape index (κ3) is 3.49. The molecule has 21 heavy (non-hydrogen) atoms. The minimum atomic E-state index is -0.529. The summed E-state index contributed by atoms with van der Waals surface area (Å²) < 4.78 is 0. The van der Waals surface area contributed by atoms with Crippen LogP contribution in [0.1, 0.15) is 43.0 Å². The van der Waals surface area contributed by atoms with Gasteiger partial charge in [-0.15, -0.1) is 0 Å². The number of nitrogens with two attached hydrogens (primary N) is 1. The van der Waals surface area contributed by atoms with E-state index in [9.17, 15) is 14.9 Å². The Bertz CT molecular complexity index is 543. The topological polar surface area (TPSA) is 102 Å². The van der Waals surface area contributed by atoms with Gasteiger partial charge in [0.15, 0.2) is 0 Å². The van der Waals surface area contributed by atoms with Crippen molar-refractivity contribution in [2.24, 2.45) is 5.84 Å². The number of rotatable bonds is 7. The highest BCUT2D eigenvalue weighted by molar-refractivity contribution is 5.99. The number of nitrogens with zero attached hydrogens (tertiary/aromatic N) is 2. The minimum absolute atomic E-state index is 0.0958. The number of nitrogen functional groups attached to an aromatic ring is 1. The average Bonchev–Trinajstić information content (AvgIpc) is 3.31. The highest BCUT2D eigenvalue weighted by Gasteiger charge is 2.35. The maximum Gasteiger partial charge on any atom is 0.282 e. The van der Waals surface area contributed by atoms with E-state index in [0.29, 0.717) is 12.2 Å². The number of anilines is 1. The third-order valence-electron chi connectivity index (χ3n) is 3.59. The summed E-state index contributed by atoms with van der Waals surface area (Å²) >= 11 is 0. The predicted molar refractivity (Wildman–Crippen MR) is 79.9 cm³/mol. The number of nitrogens with one attached hydrogen (secondary N) is 1. The first-order valence-corrected chi connectivity index (χ1v) is 7.14. The Kier molecular flexibility index (Phi) is 4.74. The van der Waals surface area contributed by atoms with E-state index in [0.717, 1.165) is 25.7 Å². The number of nitro groups is 1. The van der Waals surface area contributed by atoms with Crippen LogP contribution in [0, 0.1) is 10.1 Å². The molecule has 3 N–H and O–H groups in total. The molecule has 2 rings (SSSR count). The van der Waals surface area contributed by atoms with Crippen molar-refractivity contribution in [3.05, 3.63) is 33.9 Å². The Morgan fingerprint density at radius 2 is 2.24 bits per heavy atom. The molecular weight excluding hydrogens is 272 g/mol. The fraction of sp³-hybridized carbons (Fsp3) is 0.500. The molecule has 7 heteroatoms. The van der Waals surface area contributed by atoms with E-state index >= 15 is 0 Å². The van der Waals surface area contributed by atoms with Gasteiger partial charge in [0, 0.05) is 24.3 Å². The quantitative estimate of drug-likeness (QED) is 0.456. The van der Waals surface area contributed by atoms with Crippen LogP contribution in [0.2, 0.25) is 0 Å². The van der Waals surface area contributed by atoms with Crippen LogP contribution in [-0.4, -0.2) is 28.3 Å². The molecule has 1 aliphatic rings. The molecule has 1 amide bonds. The van der Waals surface area contributed by atoms with E-state index in [4.69, 9.17) is 5.84 Å². The van der Waals surface area contributed by atoms with Crippen molar-refractivity contribution in [1.29, 1.82) is 0 Å². The molecule has 0 bridgehead atoms. The van der Waals surface area contributed by atoms with Crippen LogP contribution >= 0.6 is 0 Å². The number of carbonyl (C=O) groups is 1. The van der Waals surface area contributed by atoms with Gasteiger partial charge in [0.1, 0.15) is 5.56 Å². The van der Waals surface area contributed by atoms with Crippen LogP contribution in [0.3, 0.4) is 0 Å². The molecule has 1 aromatic rings. The largest absolute Gasteiger partial charge is 0.335 e. The normalized spacial score (nSPS) is 13.8. The summed E-state index contributed by atoms with van der Waals surface area (Å²) in [7, 11) is 0. The van der Waals surface area contributed by atoms with Gasteiger partial charge in [-0.3, -0.25) is 20.8 Å². The van der Waals surface area contributed by atoms with E-state index in [1.807, 2.05) is 0 Å². The molecule has 1 aliphatic carbocycles. The lowest BCUT2D eigenvalue weighted by Crippen LogP contribution is -2.34. The zero-order valence-corrected chi connectivity index (χ0v) is 12.0. The number of nitro benzene ring substituents is 1. The van der Waals surface area contributed by atoms with Crippen molar-refractivity contribution >= 4 is 17.3 Å². The molecule has 0 saturated heterocycles. The molecule has 0 unspecified atom stereocenters. The first kappa shape index (κ1) is 15.2. The molecule has 1 aromatic carbocycles. The van der Waals surface area contributed by atoms with Gasteiger partial charge in [0.05, 0.1) is 4.92 Å². The molecule has 114 valence electrons. The van der Waals surface area contributed by atoms with Crippen molar-refractivity contribution in [2.45, 2.75) is 38.6 Å². The number of hydrogen-bond acceptors (Lipinski definition) is 5. The molecule has 0 radical (unpaired) electrons. The fourth-order valence-corrected chi connectivity index (χ4v) is 2.28. The van der Waals surface area contributed by atoms with Crippen LogP contribution in [0.15, 0.2) is 18.2 Å². The summed E-state index contributed by atoms with van der Waals surface area (Å²) in [5, 5.41) is 11.1. The van der Waals surface area contributed by atoms with Crippen LogP contribution in [0.25, 0.3) is 0 Å². The summed E-state index contributed by atoms with van der Waals surface area (Å²) in [5.74, 6) is 5.05. The lowest BCUT2D eigenvalue weighted by molar-refractivity contribution is -0.385. The highest BCUT2D eigenvalue weighted by Crippen LogP contribution is 2.31. The SMILES string of the molecule is CCCCN(C(=O)c1cc(NN)ccc1[N+](=O)[O-])C1CC1. The van der Waals surface area contributed by atoms with Crippen molar-refractivity contribution in [3.63, 3.8) is 0 Å². The summed E-state index contributed by atoms with van der Waals surface area (Å²) in [6.45, 7) is 2.69. The van der Waals surface area contributed by atoms with Gasteiger partial charge < -0.3 is 10.3 Å². The first-order chi connectivity index (χ1) is 10.1. The maximum absolute atomic E-state index is 12.7. The van der Waals surface area contributed by atoms with E-state index in [-0.39, 0.29) is 23.2 Å². The van der Waals surface area contributed by atoms with Crippen LogP contribution < -0.4 is 11.3 Å². The van der Waals surface area contributed by atoms with Gasteiger partial charge >= 0.3 is 0 Å². The second-order valence-electron chi connectivity index (χ2n) is 5.22. The second kappa shape index (κ2) is 6.53. The standard InChI is InChI=1S/C14H20N4O3/c1-2-3-8-17(11-5-6-11)14(19)12-9-10(16-15)4-7-13(12)18(20)21/h4,7,9,11,16H,2-3,5-6,8,15H2,1H3.